The van der Waals surface area contributed by atoms with Crippen molar-refractivity contribution in [2.75, 3.05) is 38.5 Å². The zero-order chi connectivity index (χ0) is 19.2. The minimum absolute atomic E-state index is 0.0435. The molecule has 0 bridgehead atoms. The largest absolute Gasteiger partial charge is 0.336 e. The number of likely N-dealkylation sites (N-methyl/N-ethyl adjacent to an activating group) is 1. The summed E-state index contributed by atoms with van der Waals surface area (Å²) in [4.78, 5) is 28.8. The van der Waals surface area contributed by atoms with Gasteiger partial charge in [-0.3, -0.25) is 9.59 Å². The third-order valence-electron chi connectivity index (χ3n) is 4.74. The highest BCUT2D eigenvalue weighted by Crippen LogP contribution is 2.15. The van der Waals surface area contributed by atoms with E-state index in [4.69, 9.17) is 11.6 Å². The zero-order valence-electron chi connectivity index (χ0n) is 15.5. The Morgan fingerprint density at radius 1 is 1.04 bits per heavy atom. The summed E-state index contributed by atoms with van der Waals surface area (Å²) in [6.45, 7) is 3.29. The smallest absolute Gasteiger partial charge is 0.253 e. The lowest BCUT2D eigenvalue weighted by molar-refractivity contribution is -0.116. The number of halogens is 1. The molecule has 6 heteroatoms. The van der Waals surface area contributed by atoms with Crippen molar-refractivity contribution >= 4 is 29.1 Å². The monoisotopic (exact) mass is 385 g/mol. The second-order valence-electron chi connectivity index (χ2n) is 6.85. The molecule has 1 fully saturated rings. The van der Waals surface area contributed by atoms with Crippen LogP contribution in [0.1, 0.15) is 22.3 Å². The molecule has 3 rings (SSSR count). The molecule has 1 aliphatic rings. The first kappa shape index (κ1) is 19.4. The first-order chi connectivity index (χ1) is 13.0. The standard InChI is InChI=1S/C21H24ClN3O2/c1-24-11-13-25(14-12-24)21(27)17-6-8-19(9-7-17)23-20(26)10-5-16-3-2-4-18(22)15-16/h2-4,6-9,15H,5,10-14H2,1H3,(H,23,26). The van der Waals surface area contributed by atoms with Crippen LogP contribution in [0.2, 0.25) is 5.02 Å². The van der Waals surface area contributed by atoms with E-state index in [0.29, 0.717) is 29.1 Å². The van der Waals surface area contributed by atoms with Crippen LogP contribution in [0.25, 0.3) is 0 Å². The summed E-state index contributed by atoms with van der Waals surface area (Å²) in [7, 11) is 2.06. The molecule has 5 nitrogen and oxygen atoms in total. The first-order valence-corrected chi connectivity index (χ1v) is 9.51. The van der Waals surface area contributed by atoms with Crippen LogP contribution in [-0.2, 0) is 11.2 Å². The maximum Gasteiger partial charge on any atom is 0.253 e. The summed E-state index contributed by atoms with van der Waals surface area (Å²) in [6, 6.07) is 14.6. The maximum atomic E-state index is 12.5. The number of nitrogens with zero attached hydrogens (tertiary/aromatic N) is 2. The fraction of sp³-hybridized carbons (Fsp3) is 0.333. The molecule has 0 spiro atoms. The number of anilines is 1. The van der Waals surface area contributed by atoms with E-state index in [1.54, 1.807) is 24.3 Å². The Balaban J connectivity index is 1.51. The van der Waals surface area contributed by atoms with Gasteiger partial charge in [-0.1, -0.05) is 23.7 Å². The Morgan fingerprint density at radius 3 is 2.41 bits per heavy atom. The average molecular weight is 386 g/mol. The summed E-state index contributed by atoms with van der Waals surface area (Å²) in [5.74, 6) is -0.0185. The molecule has 1 N–H and O–H groups in total. The minimum Gasteiger partial charge on any atom is -0.336 e. The highest BCUT2D eigenvalue weighted by molar-refractivity contribution is 6.30. The predicted octanol–water partition coefficient (Wildman–Crippen LogP) is 3.30. The molecule has 0 atom stereocenters. The van der Waals surface area contributed by atoms with Crippen LogP contribution in [0.3, 0.4) is 0 Å². The van der Waals surface area contributed by atoms with Crippen LogP contribution >= 0.6 is 11.6 Å². The molecular formula is C21H24ClN3O2. The van der Waals surface area contributed by atoms with E-state index in [2.05, 4.69) is 17.3 Å². The lowest BCUT2D eigenvalue weighted by Gasteiger charge is -2.32. The molecule has 27 heavy (non-hydrogen) atoms. The fourth-order valence-electron chi connectivity index (χ4n) is 3.06. The Kier molecular flexibility index (Phi) is 6.48. The van der Waals surface area contributed by atoms with E-state index < -0.39 is 0 Å². The van der Waals surface area contributed by atoms with Gasteiger partial charge in [0.25, 0.3) is 5.91 Å². The molecule has 2 aromatic rings. The SMILES string of the molecule is CN1CCN(C(=O)c2ccc(NC(=O)CCc3cccc(Cl)c3)cc2)CC1. The third-order valence-corrected chi connectivity index (χ3v) is 4.97. The number of carbonyl (C=O) groups excluding carboxylic acids is 2. The minimum atomic E-state index is -0.0619. The number of hydrogen-bond acceptors (Lipinski definition) is 3. The lowest BCUT2D eigenvalue weighted by atomic mass is 10.1. The van der Waals surface area contributed by atoms with E-state index in [-0.39, 0.29) is 11.8 Å². The van der Waals surface area contributed by atoms with E-state index in [1.807, 2.05) is 29.2 Å². The van der Waals surface area contributed by atoms with Gasteiger partial charge in [-0.25, -0.2) is 0 Å². The van der Waals surface area contributed by atoms with Crippen LogP contribution in [0, 0.1) is 0 Å². The van der Waals surface area contributed by atoms with Gasteiger partial charge in [0.05, 0.1) is 0 Å². The Hall–Kier alpha value is -2.37. The number of aryl methyl sites for hydroxylation is 1. The molecule has 1 heterocycles. The Bertz CT molecular complexity index is 799. The zero-order valence-corrected chi connectivity index (χ0v) is 16.2. The second kappa shape index (κ2) is 9.02. The van der Waals surface area contributed by atoms with Crippen molar-refractivity contribution in [3.8, 4) is 0 Å². The first-order valence-electron chi connectivity index (χ1n) is 9.13. The molecule has 1 saturated heterocycles. The third kappa shape index (κ3) is 5.55. The van der Waals surface area contributed by atoms with Crippen LogP contribution in [0.4, 0.5) is 5.69 Å². The molecule has 2 aromatic carbocycles. The predicted molar refractivity (Wildman–Crippen MR) is 108 cm³/mol. The van der Waals surface area contributed by atoms with Gasteiger partial charge >= 0.3 is 0 Å². The van der Waals surface area contributed by atoms with Crippen molar-refractivity contribution < 1.29 is 9.59 Å². The van der Waals surface area contributed by atoms with Crippen molar-refractivity contribution in [3.05, 3.63) is 64.7 Å². The number of carbonyl (C=O) groups is 2. The van der Waals surface area contributed by atoms with Gasteiger partial charge in [0.1, 0.15) is 0 Å². The van der Waals surface area contributed by atoms with Gasteiger partial charge in [-0.05, 0) is 55.4 Å². The van der Waals surface area contributed by atoms with Crippen molar-refractivity contribution in [1.82, 2.24) is 9.80 Å². The molecule has 0 aromatic heterocycles. The fourth-order valence-corrected chi connectivity index (χ4v) is 3.27. The topological polar surface area (TPSA) is 52.6 Å². The highest BCUT2D eigenvalue weighted by Gasteiger charge is 2.20. The van der Waals surface area contributed by atoms with E-state index in [9.17, 15) is 9.59 Å². The van der Waals surface area contributed by atoms with Gasteiger partial charge in [0.2, 0.25) is 5.91 Å². The van der Waals surface area contributed by atoms with Crippen molar-refractivity contribution in [3.63, 3.8) is 0 Å². The number of piperazine rings is 1. The molecule has 0 radical (unpaired) electrons. The van der Waals surface area contributed by atoms with Crippen LogP contribution < -0.4 is 5.32 Å². The van der Waals surface area contributed by atoms with Gasteiger partial charge in [-0.2, -0.15) is 0 Å². The summed E-state index contributed by atoms with van der Waals surface area (Å²) >= 11 is 5.96. The molecule has 1 aliphatic heterocycles. The number of amides is 2. The van der Waals surface area contributed by atoms with Gasteiger partial charge in [-0.15, -0.1) is 0 Å². The van der Waals surface area contributed by atoms with E-state index in [0.717, 1.165) is 31.7 Å². The molecule has 0 aliphatic carbocycles. The number of nitrogens with one attached hydrogen (secondary N) is 1. The van der Waals surface area contributed by atoms with E-state index >= 15 is 0 Å². The van der Waals surface area contributed by atoms with Gasteiger partial charge in [0, 0.05) is 48.9 Å². The summed E-state index contributed by atoms with van der Waals surface area (Å²) in [6.07, 6.45) is 1.01. The Labute approximate surface area is 164 Å². The highest BCUT2D eigenvalue weighted by atomic mass is 35.5. The number of benzene rings is 2. The van der Waals surface area contributed by atoms with Crippen LogP contribution in [0.15, 0.2) is 48.5 Å². The quantitative estimate of drug-likeness (QED) is 0.859. The average Bonchev–Trinajstić information content (AvgIpc) is 2.67. The van der Waals surface area contributed by atoms with Gasteiger partial charge in [0.15, 0.2) is 0 Å². The lowest BCUT2D eigenvalue weighted by Crippen LogP contribution is -2.47. The summed E-state index contributed by atoms with van der Waals surface area (Å²) in [5, 5.41) is 3.55. The number of hydrogen-bond donors (Lipinski definition) is 1. The number of rotatable bonds is 5. The van der Waals surface area contributed by atoms with Crippen LogP contribution in [0.5, 0.6) is 0 Å². The van der Waals surface area contributed by atoms with Crippen LogP contribution in [-0.4, -0.2) is 54.8 Å². The van der Waals surface area contributed by atoms with E-state index in [1.165, 1.54) is 0 Å². The molecule has 142 valence electrons. The van der Waals surface area contributed by atoms with Crippen molar-refractivity contribution in [1.29, 1.82) is 0 Å². The second-order valence-corrected chi connectivity index (χ2v) is 7.29. The molecule has 0 saturated carbocycles. The molecule has 2 amide bonds. The maximum absolute atomic E-state index is 12.5. The van der Waals surface area contributed by atoms with Crippen molar-refractivity contribution in [2.24, 2.45) is 0 Å². The molecular weight excluding hydrogens is 362 g/mol. The molecule has 0 unspecified atom stereocenters. The Morgan fingerprint density at radius 2 is 1.74 bits per heavy atom. The summed E-state index contributed by atoms with van der Waals surface area (Å²) < 4.78 is 0. The normalized spacial score (nSPS) is 14.8. The van der Waals surface area contributed by atoms with Crippen molar-refractivity contribution in [2.45, 2.75) is 12.8 Å². The van der Waals surface area contributed by atoms with Gasteiger partial charge < -0.3 is 15.1 Å². The summed E-state index contributed by atoms with van der Waals surface area (Å²) in [5.41, 5.74) is 2.38.